The molecule has 2 rings (SSSR count). The summed E-state index contributed by atoms with van der Waals surface area (Å²) < 4.78 is 63.1. The molecule has 124 valence electrons. The lowest BCUT2D eigenvalue weighted by Crippen LogP contribution is -2.39. The number of imidazole rings is 1. The average molecular weight is 337 g/mol. The molecule has 0 radical (unpaired) electrons. The molecule has 0 spiro atoms. The molecule has 1 aliphatic heterocycles. The molecule has 2 heterocycles. The normalized spacial score (nSPS) is 18.5. The summed E-state index contributed by atoms with van der Waals surface area (Å²) in [5.74, 6) is 0.109. The molecule has 9 heteroatoms. The number of hydrogen-bond acceptors (Lipinski definition) is 3. The van der Waals surface area contributed by atoms with E-state index in [1.165, 1.54) is 4.31 Å². The van der Waals surface area contributed by atoms with E-state index in [0.29, 0.717) is 32.4 Å². The Morgan fingerprint density at radius 2 is 2.05 bits per heavy atom. The first-order chi connectivity index (χ1) is 10.2. The molecule has 0 saturated carbocycles. The lowest BCUT2D eigenvalue weighted by Gasteiger charge is -2.30. The summed E-state index contributed by atoms with van der Waals surface area (Å²) in [7, 11) is -3.32. The zero-order valence-electron chi connectivity index (χ0n) is 11.9. The first kappa shape index (κ1) is 17.0. The number of halogens is 3. The van der Waals surface area contributed by atoms with Crippen molar-refractivity contribution >= 4 is 10.0 Å². The third-order valence-corrected chi connectivity index (χ3v) is 5.62. The van der Waals surface area contributed by atoms with Crippen LogP contribution in [0, 0.1) is 0 Å². The summed E-state index contributed by atoms with van der Waals surface area (Å²) in [5.41, 5.74) is -0.872. The number of sulfonamides is 1. The molecule has 1 aromatic rings. The Hall–Kier alpha value is -1.35. The van der Waals surface area contributed by atoms with Crippen LogP contribution in [0.25, 0.3) is 0 Å². The van der Waals surface area contributed by atoms with E-state index in [9.17, 15) is 21.6 Å². The maximum atomic E-state index is 12.5. The van der Waals surface area contributed by atoms with Gasteiger partial charge in [0.1, 0.15) is 11.5 Å². The maximum absolute atomic E-state index is 12.5. The second-order valence-corrected chi connectivity index (χ2v) is 7.34. The van der Waals surface area contributed by atoms with Crippen LogP contribution in [0.4, 0.5) is 13.2 Å². The molecule has 0 amide bonds. The lowest BCUT2D eigenvalue weighted by molar-refractivity contribution is -0.141. The van der Waals surface area contributed by atoms with Gasteiger partial charge in [0, 0.05) is 19.0 Å². The Morgan fingerprint density at radius 1 is 1.41 bits per heavy atom. The van der Waals surface area contributed by atoms with Crippen molar-refractivity contribution in [3.05, 3.63) is 30.4 Å². The van der Waals surface area contributed by atoms with E-state index in [1.54, 1.807) is 6.08 Å². The van der Waals surface area contributed by atoms with Crippen molar-refractivity contribution in [2.24, 2.45) is 0 Å². The summed E-state index contributed by atoms with van der Waals surface area (Å²) in [4.78, 5) is 6.08. The van der Waals surface area contributed by atoms with Crippen LogP contribution in [0.3, 0.4) is 0 Å². The molecule has 0 atom stereocenters. The predicted molar refractivity (Wildman–Crippen MR) is 75.7 cm³/mol. The minimum atomic E-state index is -4.44. The van der Waals surface area contributed by atoms with Gasteiger partial charge in [-0.25, -0.2) is 17.7 Å². The highest BCUT2D eigenvalue weighted by atomic mass is 32.2. The number of piperidine rings is 1. The number of aromatic nitrogens is 2. The third-order valence-electron chi connectivity index (χ3n) is 3.71. The standard InChI is InChI=1S/C13H18F3N3O2S/c1-2-3-8-22(20,21)19-6-4-10(5-7-19)12-17-9-11(18-12)13(14,15)16/h2,9-10H,1,3-8H2,(H,17,18). The van der Waals surface area contributed by atoms with Gasteiger partial charge in [-0.15, -0.1) is 6.58 Å². The van der Waals surface area contributed by atoms with Crippen molar-refractivity contribution in [2.45, 2.75) is 31.4 Å². The number of H-pyrrole nitrogens is 1. The van der Waals surface area contributed by atoms with Crippen LogP contribution in [0.15, 0.2) is 18.9 Å². The molecule has 1 saturated heterocycles. The first-order valence-electron chi connectivity index (χ1n) is 6.95. The van der Waals surface area contributed by atoms with Crippen molar-refractivity contribution in [1.82, 2.24) is 14.3 Å². The highest BCUT2D eigenvalue weighted by molar-refractivity contribution is 7.89. The van der Waals surface area contributed by atoms with Gasteiger partial charge < -0.3 is 4.98 Å². The number of allylic oxidation sites excluding steroid dienone is 1. The summed E-state index contributed by atoms with van der Waals surface area (Å²) in [6, 6.07) is 0. The number of aromatic amines is 1. The van der Waals surface area contributed by atoms with Crippen LogP contribution < -0.4 is 0 Å². The largest absolute Gasteiger partial charge is 0.432 e. The summed E-state index contributed by atoms with van der Waals surface area (Å²) in [6.45, 7) is 4.09. The molecule has 0 aromatic carbocycles. The molecule has 1 aromatic heterocycles. The topological polar surface area (TPSA) is 66.1 Å². The van der Waals surface area contributed by atoms with E-state index in [4.69, 9.17) is 0 Å². The zero-order valence-corrected chi connectivity index (χ0v) is 12.8. The summed E-state index contributed by atoms with van der Waals surface area (Å²) in [6.07, 6.45) is -0.819. The minimum absolute atomic E-state index is 0.0140. The van der Waals surface area contributed by atoms with E-state index in [0.717, 1.165) is 6.20 Å². The van der Waals surface area contributed by atoms with Crippen molar-refractivity contribution < 1.29 is 21.6 Å². The molecule has 0 bridgehead atoms. The SMILES string of the molecule is C=CCCS(=O)(=O)N1CCC(c2ncc(C(F)(F)F)[nH]2)CC1. The average Bonchev–Trinajstić information content (AvgIpc) is 2.95. The van der Waals surface area contributed by atoms with E-state index < -0.39 is 21.9 Å². The van der Waals surface area contributed by atoms with Crippen LogP contribution in [-0.4, -0.2) is 41.5 Å². The van der Waals surface area contributed by atoms with Gasteiger partial charge in [0.05, 0.1) is 11.9 Å². The Labute approximate surface area is 127 Å². The lowest BCUT2D eigenvalue weighted by atomic mass is 9.97. The Balaban J connectivity index is 1.97. The van der Waals surface area contributed by atoms with E-state index in [1.807, 2.05) is 0 Å². The van der Waals surface area contributed by atoms with Gasteiger partial charge in [-0.3, -0.25) is 0 Å². The smallest absolute Gasteiger partial charge is 0.338 e. The number of hydrogen-bond donors (Lipinski definition) is 1. The molecule has 1 fully saturated rings. The van der Waals surface area contributed by atoms with E-state index in [-0.39, 0.29) is 17.5 Å². The molecule has 5 nitrogen and oxygen atoms in total. The van der Waals surface area contributed by atoms with Gasteiger partial charge in [-0.05, 0) is 19.3 Å². The number of nitrogens with one attached hydrogen (secondary N) is 1. The van der Waals surface area contributed by atoms with Gasteiger partial charge in [0.2, 0.25) is 10.0 Å². The number of rotatable bonds is 5. The second kappa shape index (κ2) is 6.41. The van der Waals surface area contributed by atoms with E-state index in [2.05, 4.69) is 16.5 Å². The van der Waals surface area contributed by atoms with Crippen LogP contribution in [-0.2, 0) is 16.2 Å². The fraction of sp³-hybridized carbons (Fsp3) is 0.615. The molecule has 1 aliphatic rings. The second-order valence-electron chi connectivity index (χ2n) is 5.25. The van der Waals surface area contributed by atoms with Crippen LogP contribution in [0.2, 0.25) is 0 Å². The van der Waals surface area contributed by atoms with Crippen molar-refractivity contribution in [3.63, 3.8) is 0 Å². The van der Waals surface area contributed by atoms with Gasteiger partial charge >= 0.3 is 6.18 Å². The van der Waals surface area contributed by atoms with E-state index >= 15 is 0 Å². The van der Waals surface area contributed by atoms with Crippen LogP contribution in [0.1, 0.15) is 36.7 Å². The summed E-state index contributed by atoms with van der Waals surface area (Å²) in [5, 5.41) is 0. The Morgan fingerprint density at radius 3 is 2.55 bits per heavy atom. The third kappa shape index (κ3) is 3.89. The van der Waals surface area contributed by atoms with Crippen molar-refractivity contribution in [1.29, 1.82) is 0 Å². The molecule has 0 unspecified atom stereocenters. The van der Waals surface area contributed by atoms with Gasteiger partial charge in [0.15, 0.2) is 0 Å². The van der Waals surface area contributed by atoms with Gasteiger partial charge in [-0.1, -0.05) is 6.08 Å². The molecule has 1 N–H and O–H groups in total. The van der Waals surface area contributed by atoms with Crippen molar-refractivity contribution in [3.8, 4) is 0 Å². The quantitative estimate of drug-likeness (QED) is 0.840. The monoisotopic (exact) mass is 337 g/mol. The van der Waals surface area contributed by atoms with Crippen LogP contribution >= 0.6 is 0 Å². The number of alkyl halides is 3. The Bertz CT molecular complexity index is 617. The van der Waals surface area contributed by atoms with Crippen LogP contribution in [0.5, 0.6) is 0 Å². The maximum Gasteiger partial charge on any atom is 0.432 e. The highest BCUT2D eigenvalue weighted by Gasteiger charge is 2.35. The minimum Gasteiger partial charge on any atom is -0.338 e. The van der Waals surface area contributed by atoms with Gasteiger partial charge in [-0.2, -0.15) is 13.2 Å². The highest BCUT2D eigenvalue weighted by Crippen LogP contribution is 2.32. The molecular weight excluding hydrogens is 319 g/mol. The summed E-state index contributed by atoms with van der Waals surface area (Å²) >= 11 is 0. The van der Waals surface area contributed by atoms with Crippen molar-refractivity contribution in [2.75, 3.05) is 18.8 Å². The molecular formula is C13H18F3N3O2S. The predicted octanol–water partition coefficient (Wildman–Crippen LogP) is 2.51. The first-order valence-corrected chi connectivity index (χ1v) is 8.56. The molecule has 0 aliphatic carbocycles. The molecule has 22 heavy (non-hydrogen) atoms. The fourth-order valence-corrected chi connectivity index (χ4v) is 3.95. The number of nitrogens with zero attached hydrogens (tertiary/aromatic N) is 2. The Kier molecular flexibility index (Phi) is 4.96. The zero-order chi connectivity index (χ0) is 16.4. The van der Waals surface area contributed by atoms with Gasteiger partial charge in [0.25, 0.3) is 0 Å². The fourth-order valence-electron chi connectivity index (χ4n) is 2.46.